The van der Waals surface area contributed by atoms with Crippen molar-refractivity contribution in [3.05, 3.63) is 29.6 Å². The molecule has 0 saturated carbocycles. The van der Waals surface area contributed by atoms with Crippen LogP contribution in [0.3, 0.4) is 0 Å². The fourth-order valence-electron chi connectivity index (χ4n) is 0.596. The second-order valence-electron chi connectivity index (χ2n) is 1.91. The molecule has 0 atom stereocenters. The number of aryl methyl sites for hydroxylation is 1. The Hall–Kier alpha value is -0.810. The van der Waals surface area contributed by atoms with Crippen molar-refractivity contribution in [2.24, 2.45) is 0 Å². The molecule has 0 aromatic carbocycles. The van der Waals surface area contributed by atoms with Crippen LogP contribution in [0.25, 0.3) is 0 Å². The summed E-state index contributed by atoms with van der Waals surface area (Å²) in [6.07, 6.45) is 1.75. The highest BCUT2D eigenvalue weighted by Gasteiger charge is 1.85. The molecule has 0 fully saturated rings. The number of aromatic nitrogens is 1. The van der Waals surface area contributed by atoms with Gasteiger partial charge in [0.2, 0.25) is 0 Å². The van der Waals surface area contributed by atoms with Crippen LogP contribution in [-0.2, 0) is 0 Å². The SMILES string of the molecule is Cc1ccc(C#CBr)cn1. The second kappa shape index (κ2) is 3.38. The first-order chi connectivity index (χ1) is 4.83. The summed E-state index contributed by atoms with van der Waals surface area (Å²) in [5.74, 6) is 2.84. The number of hydrogen-bond donors (Lipinski definition) is 0. The minimum absolute atomic E-state index is 0.933. The summed E-state index contributed by atoms with van der Waals surface area (Å²) in [5, 5.41) is 0. The second-order valence-corrected chi connectivity index (χ2v) is 2.30. The van der Waals surface area contributed by atoms with Crippen LogP contribution in [0.15, 0.2) is 18.3 Å². The summed E-state index contributed by atoms with van der Waals surface area (Å²) in [6.45, 7) is 1.95. The largest absolute Gasteiger partial charge is 0.260 e. The van der Waals surface area contributed by atoms with E-state index in [1.165, 1.54) is 0 Å². The average Bonchev–Trinajstić information content (AvgIpc) is 1.95. The monoisotopic (exact) mass is 195 g/mol. The standard InChI is InChI=1S/C8H6BrN/c1-7-2-3-8(4-5-9)6-10-7/h2-3,6H,1H3. The van der Waals surface area contributed by atoms with Crippen LogP contribution < -0.4 is 0 Å². The lowest BCUT2D eigenvalue weighted by atomic mass is 10.3. The van der Waals surface area contributed by atoms with E-state index in [2.05, 4.69) is 31.7 Å². The lowest BCUT2D eigenvalue weighted by molar-refractivity contribution is 1.19. The number of halogens is 1. The molecule has 0 spiro atoms. The van der Waals surface area contributed by atoms with Gasteiger partial charge >= 0.3 is 0 Å². The van der Waals surface area contributed by atoms with Crippen LogP contribution in [-0.4, -0.2) is 4.98 Å². The zero-order chi connectivity index (χ0) is 7.40. The molecule has 1 aromatic rings. The molecule has 50 valence electrons. The molecule has 0 amide bonds. The molecule has 0 unspecified atom stereocenters. The molecular formula is C8H6BrN. The Balaban J connectivity index is 2.97. The smallest absolute Gasteiger partial charge is 0.0437 e. The van der Waals surface area contributed by atoms with E-state index in [1.54, 1.807) is 6.20 Å². The Kier molecular flexibility index (Phi) is 2.47. The van der Waals surface area contributed by atoms with Gasteiger partial charge in [-0.05, 0) is 23.9 Å². The van der Waals surface area contributed by atoms with Crippen LogP contribution in [0.2, 0.25) is 0 Å². The Morgan fingerprint density at radius 3 is 2.80 bits per heavy atom. The van der Waals surface area contributed by atoms with Gasteiger partial charge in [-0.25, -0.2) is 0 Å². The Morgan fingerprint density at radius 2 is 2.30 bits per heavy atom. The van der Waals surface area contributed by atoms with Crippen molar-refractivity contribution in [1.29, 1.82) is 0 Å². The fraction of sp³-hybridized carbons (Fsp3) is 0.125. The molecule has 2 heteroatoms. The molecule has 0 bridgehead atoms. The molecule has 0 aliphatic carbocycles. The molecule has 0 saturated heterocycles. The summed E-state index contributed by atoms with van der Waals surface area (Å²) in [6, 6.07) is 3.88. The third-order valence-electron chi connectivity index (χ3n) is 1.10. The fourth-order valence-corrected chi connectivity index (χ4v) is 0.825. The first-order valence-corrected chi connectivity index (χ1v) is 3.66. The van der Waals surface area contributed by atoms with E-state index >= 15 is 0 Å². The van der Waals surface area contributed by atoms with E-state index in [4.69, 9.17) is 0 Å². The van der Waals surface area contributed by atoms with E-state index in [-0.39, 0.29) is 0 Å². The van der Waals surface area contributed by atoms with Gasteiger partial charge < -0.3 is 0 Å². The zero-order valence-corrected chi connectivity index (χ0v) is 7.14. The minimum Gasteiger partial charge on any atom is -0.260 e. The first kappa shape index (κ1) is 7.30. The van der Waals surface area contributed by atoms with E-state index in [0.717, 1.165) is 11.3 Å². The van der Waals surface area contributed by atoms with Gasteiger partial charge in [0.15, 0.2) is 0 Å². The van der Waals surface area contributed by atoms with Crippen molar-refractivity contribution < 1.29 is 0 Å². The van der Waals surface area contributed by atoms with Crippen molar-refractivity contribution in [3.8, 4) is 10.8 Å². The lowest BCUT2D eigenvalue weighted by Gasteiger charge is -1.89. The zero-order valence-electron chi connectivity index (χ0n) is 5.56. The normalized spacial score (nSPS) is 8.20. The highest BCUT2D eigenvalue weighted by atomic mass is 79.9. The molecule has 0 aliphatic heterocycles. The van der Waals surface area contributed by atoms with Crippen LogP contribution in [0.1, 0.15) is 11.3 Å². The van der Waals surface area contributed by atoms with Gasteiger partial charge in [0, 0.05) is 33.4 Å². The van der Waals surface area contributed by atoms with Crippen LogP contribution in [0, 0.1) is 17.7 Å². The molecule has 1 heterocycles. The van der Waals surface area contributed by atoms with E-state index in [1.807, 2.05) is 19.1 Å². The number of nitrogens with zero attached hydrogens (tertiary/aromatic N) is 1. The van der Waals surface area contributed by atoms with Crippen molar-refractivity contribution in [2.75, 3.05) is 0 Å². The first-order valence-electron chi connectivity index (χ1n) is 2.87. The van der Waals surface area contributed by atoms with Gasteiger partial charge in [-0.3, -0.25) is 4.98 Å². The van der Waals surface area contributed by atoms with Gasteiger partial charge in [-0.15, -0.1) is 0 Å². The topological polar surface area (TPSA) is 12.9 Å². The van der Waals surface area contributed by atoms with Crippen LogP contribution in [0.4, 0.5) is 0 Å². The van der Waals surface area contributed by atoms with E-state index < -0.39 is 0 Å². The third-order valence-corrected chi connectivity index (χ3v) is 1.30. The highest BCUT2D eigenvalue weighted by Crippen LogP contribution is 1.96. The number of pyridine rings is 1. The van der Waals surface area contributed by atoms with Gasteiger partial charge in [-0.2, -0.15) is 0 Å². The molecule has 0 aliphatic rings. The van der Waals surface area contributed by atoms with Crippen molar-refractivity contribution >= 4 is 15.9 Å². The van der Waals surface area contributed by atoms with Crippen molar-refractivity contribution in [1.82, 2.24) is 4.98 Å². The molecule has 0 N–H and O–H groups in total. The maximum Gasteiger partial charge on any atom is 0.0437 e. The van der Waals surface area contributed by atoms with Gasteiger partial charge in [0.25, 0.3) is 0 Å². The molecule has 10 heavy (non-hydrogen) atoms. The number of hydrogen-bond acceptors (Lipinski definition) is 1. The van der Waals surface area contributed by atoms with Gasteiger partial charge in [0.1, 0.15) is 0 Å². The molecular weight excluding hydrogens is 190 g/mol. The predicted octanol–water partition coefficient (Wildman–Crippen LogP) is 2.09. The third kappa shape index (κ3) is 1.85. The van der Waals surface area contributed by atoms with Gasteiger partial charge in [-0.1, -0.05) is 5.92 Å². The summed E-state index contributed by atoms with van der Waals surface area (Å²) < 4.78 is 0. The van der Waals surface area contributed by atoms with E-state index in [9.17, 15) is 0 Å². The minimum atomic E-state index is 0.933. The highest BCUT2D eigenvalue weighted by molar-refractivity contribution is 9.12. The Morgan fingerprint density at radius 1 is 1.50 bits per heavy atom. The average molecular weight is 196 g/mol. The quantitative estimate of drug-likeness (QED) is 0.579. The summed E-state index contributed by atoms with van der Waals surface area (Å²) in [7, 11) is 0. The Labute approximate surface area is 68.6 Å². The van der Waals surface area contributed by atoms with E-state index in [0.29, 0.717) is 0 Å². The molecule has 1 rings (SSSR count). The van der Waals surface area contributed by atoms with Crippen molar-refractivity contribution in [2.45, 2.75) is 6.92 Å². The van der Waals surface area contributed by atoms with Crippen LogP contribution in [0.5, 0.6) is 0 Å². The summed E-state index contributed by atoms with van der Waals surface area (Å²) >= 11 is 3.02. The molecule has 1 aromatic heterocycles. The van der Waals surface area contributed by atoms with Crippen LogP contribution >= 0.6 is 15.9 Å². The van der Waals surface area contributed by atoms with Crippen molar-refractivity contribution in [3.63, 3.8) is 0 Å². The summed E-state index contributed by atoms with van der Waals surface area (Å²) in [4.78, 5) is 6.70. The summed E-state index contributed by atoms with van der Waals surface area (Å²) in [5.41, 5.74) is 1.95. The molecule has 1 nitrogen and oxygen atoms in total. The maximum atomic E-state index is 4.07. The molecule has 0 radical (unpaired) electrons. The maximum absolute atomic E-state index is 4.07. The Bertz CT molecular complexity index is 266. The van der Waals surface area contributed by atoms with Gasteiger partial charge in [0.05, 0.1) is 0 Å². The predicted molar refractivity (Wildman–Crippen MR) is 44.8 cm³/mol. The number of rotatable bonds is 0. The lowest BCUT2D eigenvalue weighted by Crippen LogP contribution is -1.80.